The van der Waals surface area contributed by atoms with Crippen molar-refractivity contribution < 1.29 is 29.3 Å². The zero-order valence-corrected chi connectivity index (χ0v) is 16.1. The van der Waals surface area contributed by atoms with Gasteiger partial charge >= 0.3 is 5.97 Å². The second kappa shape index (κ2) is 8.18. The molecule has 3 rings (SSSR count). The van der Waals surface area contributed by atoms with Gasteiger partial charge in [0.15, 0.2) is 0 Å². The molecule has 7 heteroatoms. The van der Waals surface area contributed by atoms with E-state index in [-0.39, 0.29) is 24.3 Å². The summed E-state index contributed by atoms with van der Waals surface area (Å²) in [6.07, 6.45) is -0.315. The minimum atomic E-state index is -1.08. The van der Waals surface area contributed by atoms with Crippen molar-refractivity contribution in [3.63, 3.8) is 0 Å². The Balaban J connectivity index is 2.13. The van der Waals surface area contributed by atoms with Crippen molar-refractivity contribution in [3.05, 3.63) is 70.8 Å². The Morgan fingerprint density at radius 1 is 1.03 bits per heavy atom. The van der Waals surface area contributed by atoms with Gasteiger partial charge in [0.05, 0.1) is 25.1 Å². The van der Waals surface area contributed by atoms with E-state index in [0.717, 1.165) is 5.56 Å². The maximum absolute atomic E-state index is 12.8. The van der Waals surface area contributed by atoms with E-state index >= 15 is 0 Å². The van der Waals surface area contributed by atoms with E-state index in [9.17, 15) is 19.5 Å². The highest BCUT2D eigenvalue weighted by Crippen LogP contribution is 2.39. The molecule has 1 saturated heterocycles. The lowest BCUT2D eigenvalue weighted by atomic mass is 9.95. The Morgan fingerprint density at radius 2 is 1.66 bits per heavy atom. The van der Waals surface area contributed by atoms with E-state index < -0.39 is 23.7 Å². The Kier molecular flexibility index (Phi) is 5.68. The fourth-order valence-electron chi connectivity index (χ4n) is 3.33. The number of carbonyl (C=O) groups is 3. The second-order valence-electron chi connectivity index (χ2n) is 6.78. The predicted molar refractivity (Wildman–Crippen MR) is 105 cm³/mol. The molecule has 1 fully saturated rings. The van der Waals surface area contributed by atoms with Crippen LogP contribution in [0.15, 0.2) is 54.1 Å². The number of carboxylic acid groups (broad SMARTS) is 1. The number of hydrogen-bond acceptors (Lipinski definition) is 5. The smallest absolute Gasteiger partial charge is 0.305 e. The summed E-state index contributed by atoms with van der Waals surface area (Å²) in [4.78, 5) is 37.6. The lowest BCUT2D eigenvalue weighted by molar-refractivity contribution is -0.142. The van der Waals surface area contributed by atoms with E-state index in [1.165, 1.54) is 12.0 Å². The van der Waals surface area contributed by atoms with Crippen molar-refractivity contribution in [3.8, 4) is 5.75 Å². The highest BCUT2D eigenvalue weighted by atomic mass is 16.5. The molecule has 0 radical (unpaired) electrons. The van der Waals surface area contributed by atoms with Crippen LogP contribution in [0.25, 0.3) is 5.76 Å². The monoisotopic (exact) mass is 395 g/mol. The highest BCUT2D eigenvalue weighted by Gasteiger charge is 2.46. The van der Waals surface area contributed by atoms with Gasteiger partial charge in [0.1, 0.15) is 11.5 Å². The topological polar surface area (TPSA) is 104 Å². The minimum absolute atomic E-state index is 0.0607. The molecule has 0 aliphatic carbocycles. The normalized spacial score (nSPS) is 18.1. The number of rotatable bonds is 6. The van der Waals surface area contributed by atoms with Crippen molar-refractivity contribution in [2.24, 2.45) is 0 Å². The van der Waals surface area contributed by atoms with Crippen LogP contribution in [0, 0.1) is 6.92 Å². The number of aliphatic hydroxyl groups excluding tert-OH is 1. The van der Waals surface area contributed by atoms with Gasteiger partial charge in [0, 0.05) is 12.1 Å². The number of nitrogens with zero attached hydrogens (tertiary/aromatic N) is 1. The van der Waals surface area contributed by atoms with Crippen LogP contribution < -0.4 is 4.74 Å². The average Bonchev–Trinajstić information content (AvgIpc) is 2.97. The van der Waals surface area contributed by atoms with Crippen molar-refractivity contribution >= 4 is 23.4 Å². The first-order valence-electron chi connectivity index (χ1n) is 9.04. The number of aliphatic hydroxyl groups is 1. The Morgan fingerprint density at radius 3 is 2.21 bits per heavy atom. The average molecular weight is 395 g/mol. The number of ketones is 1. The summed E-state index contributed by atoms with van der Waals surface area (Å²) in [5, 5.41) is 19.9. The van der Waals surface area contributed by atoms with Crippen molar-refractivity contribution in [1.29, 1.82) is 0 Å². The summed E-state index contributed by atoms with van der Waals surface area (Å²) in [6.45, 7) is 1.74. The van der Waals surface area contributed by atoms with Crippen molar-refractivity contribution in [2.45, 2.75) is 19.4 Å². The van der Waals surface area contributed by atoms with Gasteiger partial charge in [-0.25, -0.2) is 0 Å². The van der Waals surface area contributed by atoms with Crippen LogP contribution in [0.2, 0.25) is 0 Å². The lowest BCUT2D eigenvalue weighted by Gasteiger charge is -2.25. The molecule has 2 N–H and O–H groups in total. The fourth-order valence-corrected chi connectivity index (χ4v) is 3.33. The molecular formula is C22H21NO6. The van der Waals surface area contributed by atoms with Gasteiger partial charge in [-0.05, 0) is 24.6 Å². The van der Waals surface area contributed by atoms with E-state index in [2.05, 4.69) is 0 Å². The first kappa shape index (κ1) is 20.1. The molecule has 2 aromatic carbocycles. The molecule has 1 atom stereocenters. The number of hydrogen-bond donors (Lipinski definition) is 2. The van der Waals surface area contributed by atoms with Gasteiger partial charge in [-0.3, -0.25) is 14.4 Å². The maximum Gasteiger partial charge on any atom is 0.305 e. The number of likely N-dealkylation sites (tertiary alicyclic amines) is 1. The quantitative estimate of drug-likeness (QED) is 0.443. The third-order valence-corrected chi connectivity index (χ3v) is 4.86. The number of carbonyl (C=O) groups excluding carboxylic acids is 2. The first-order valence-corrected chi connectivity index (χ1v) is 9.04. The molecule has 0 spiro atoms. The molecule has 0 saturated carbocycles. The van der Waals surface area contributed by atoms with Crippen LogP contribution in [0.3, 0.4) is 0 Å². The van der Waals surface area contributed by atoms with Crippen molar-refractivity contribution in [1.82, 2.24) is 4.90 Å². The molecule has 7 nitrogen and oxygen atoms in total. The fraction of sp³-hybridized carbons (Fsp3) is 0.227. The molecule has 0 unspecified atom stereocenters. The molecule has 0 aromatic heterocycles. The third kappa shape index (κ3) is 3.99. The van der Waals surface area contributed by atoms with Crippen LogP contribution in [0.1, 0.15) is 29.2 Å². The number of aryl methyl sites for hydroxylation is 1. The van der Waals surface area contributed by atoms with Crippen molar-refractivity contribution in [2.75, 3.05) is 13.7 Å². The summed E-state index contributed by atoms with van der Waals surface area (Å²) in [7, 11) is 1.52. The maximum atomic E-state index is 12.8. The SMILES string of the molecule is COc1ccc([C@H]2C(=C(O)c3ccc(C)cc3)C(=O)C(=O)N2CCC(=O)O)cc1. The molecule has 1 aliphatic heterocycles. The molecule has 150 valence electrons. The lowest BCUT2D eigenvalue weighted by Crippen LogP contribution is -2.31. The first-order chi connectivity index (χ1) is 13.8. The van der Waals surface area contributed by atoms with Gasteiger partial charge < -0.3 is 19.8 Å². The Labute approximate surface area is 167 Å². The van der Waals surface area contributed by atoms with Crippen LogP contribution in [-0.2, 0) is 14.4 Å². The van der Waals surface area contributed by atoms with Gasteiger partial charge in [-0.1, -0.05) is 42.0 Å². The van der Waals surface area contributed by atoms with E-state index in [0.29, 0.717) is 16.9 Å². The largest absolute Gasteiger partial charge is 0.507 e. The number of Topliss-reactive ketones (excluding diaryl/α,β-unsaturated/α-hetero) is 1. The molecule has 1 aliphatic rings. The number of carboxylic acids is 1. The molecule has 1 amide bonds. The molecular weight excluding hydrogens is 374 g/mol. The van der Waals surface area contributed by atoms with E-state index in [4.69, 9.17) is 9.84 Å². The number of amides is 1. The van der Waals surface area contributed by atoms with Crippen LogP contribution in [0.5, 0.6) is 5.75 Å². The Bertz CT molecular complexity index is 975. The number of methoxy groups -OCH3 is 1. The third-order valence-electron chi connectivity index (χ3n) is 4.86. The predicted octanol–water partition coefficient (Wildman–Crippen LogP) is 2.90. The number of ether oxygens (including phenoxy) is 1. The molecule has 1 heterocycles. The minimum Gasteiger partial charge on any atom is -0.507 e. The number of benzene rings is 2. The summed E-state index contributed by atoms with van der Waals surface area (Å²) < 4.78 is 5.15. The van der Waals surface area contributed by atoms with Gasteiger partial charge in [0.2, 0.25) is 0 Å². The molecule has 2 aromatic rings. The van der Waals surface area contributed by atoms with Crippen LogP contribution >= 0.6 is 0 Å². The van der Waals surface area contributed by atoms with Gasteiger partial charge in [-0.15, -0.1) is 0 Å². The summed E-state index contributed by atoms with van der Waals surface area (Å²) in [5.74, 6) is -2.45. The van der Waals surface area contributed by atoms with Gasteiger partial charge in [-0.2, -0.15) is 0 Å². The zero-order valence-electron chi connectivity index (χ0n) is 16.1. The number of aliphatic carboxylic acids is 1. The van der Waals surface area contributed by atoms with Crippen LogP contribution in [0.4, 0.5) is 0 Å². The summed E-state index contributed by atoms with van der Waals surface area (Å²) in [6, 6.07) is 12.8. The van der Waals surface area contributed by atoms with Crippen LogP contribution in [-0.4, -0.2) is 46.4 Å². The summed E-state index contributed by atoms with van der Waals surface area (Å²) in [5.41, 5.74) is 1.90. The highest BCUT2D eigenvalue weighted by molar-refractivity contribution is 6.46. The zero-order chi connectivity index (χ0) is 21.1. The summed E-state index contributed by atoms with van der Waals surface area (Å²) >= 11 is 0. The van der Waals surface area contributed by atoms with Gasteiger partial charge in [0.25, 0.3) is 11.7 Å². The molecule has 29 heavy (non-hydrogen) atoms. The standard InChI is InChI=1S/C22H21NO6/c1-13-3-5-15(6-4-13)20(26)18-19(14-7-9-16(29-2)10-8-14)23(12-11-17(24)25)22(28)21(18)27/h3-10,19,26H,11-12H2,1-2H3,(H,24,25)/t19-/m0/s1. The van der Waals surface area contributed by atoms with E-state index in [1.54, 1.807) is 48.5 Å². The Hall–Kier alpha value is -3.61. The van der Waals surface area contributed by atoms with E-state index in [1.807, 2.05) is 6.92 Å². The second-order valence-corrected chi connectivity index (χ2v) is 6.78. The molecule has 0 bridgehead atoms.